The molecule has 1 aromatic carbocycles. The number of anilines is 1. The Hall–Kier alpha value is -3.19. The first-order valence-corrected chi connectivity index (χ1v) is 10.5. The molecule has 1 aliphatic heterocycles. The van der Waals surface area contributed by atoms with Crippen molar-refractivity contribution in [2.75, 3.05) is 37.6 Å². The molecule has 1 saturated heterocycles. The van der Waals surface area contributed by atoms with E-state index in [1.54, 1.807) is 10.5 Å². The van der Waals surface area contributed by atoms with Gasteiger partial charge in [-0.15, -0.1) is 0 Å². The van der Waals surface area contributed by atoms with Crippen molar-refractivity contribution in [1.29, 1.82) is 0 Å². The molecule has 0 radical (unpaired) electrons. The molecular weight excluding hydrogens is 378 g/mol. The van der Waals surface area contributed by atoms with Crippen molar-refractivity contribution in [2.45, 2.75) is 20.3 Å². The average Bonchev–Trinajstić information content (AvgIpc) is 3.13. The highest BCUT2D eigenvalue weighted by Gasteiger charge is 2.17. The number of benzene rings is 1. The van der Waals surface area contributed by atoms with Crippen LogP contribution in [0.15, 0.2) is 51.8 Å². The molecule has 1 aliphatic rings. The second kappa shape index (κ2) is 7.57. The third-order valence-electron chi connectivity index (χ3n) is 5.71. The first kappa shape index (κ1) is 18.8. The van der Waals surface area contributed by atoms with Crippen molar-refractivity contribution in [3.8, 4) is 11.3 Å². The highest BCUT2D eigenvalue weighted by Crippen LogP contribution is 2.24. The third kappa shape index (κ3) is 3.45. The van der Waals surface area contributed by atoms with E-state index in [1.165, 1.54) is 6.42 Å². The van der Waals surface area contributed by atoms with Gasteiger partial charge in [0.2, 0.25) is 0 Å². The fourth-order valence-electron chi connectivity index (χ4n) is 4.17. The van der Waals surface area contributed by atoms with Crippen LogP contribution in [0.3, 0.4) is 0 Å². The van der Waals surface area contributed by atoms with Gasteiger partial charge in [0.15, 0.2) is 11.5 Å². The summed E-state index contributed by atoms with van der Waals surface area (Å²) in [6.07, 6.45) is 3.09. The van der Waals surface area contributed by atoms with Crippen LogP contribution in [0.5, 0.6) is 0 Å². The van der Waals surface area contributed by atoms with Crippen molar-refractivity contribution in [1.82, 2.24) is 19.3 Å². The Morgan fingerprint density at radius 1 is 1.03 bits per heavy atom. The van der Waals surface area contributed by atoms with Gasteiger partial charge in [-0.1, -0.05) is 13.0 Å². The predicted molar refractivity (Wildman–Crippen MR) is 118 cm³/mol. The molecule has 1 fully saturated rings. The first-order chi connectivity index (χ1) is 14.6. The summed E-state index contributed by atoms with van der Waals surface area (Å²) >= 11 is 0. The van der Waals surface area contributed by atoms with Gasteiger partial charge in [-0.05, 0) is 37.2 Å². The quantitative estimate of drug-likeness (QED) is 0.521. The summed E-state index contributed by atoms with van der Waals surface area (Å²) in [5, 5.41) is 0. The molecule has 4 heterocycles. The molecule has 5 rings (SSSR count). The average molecular weight is 403 g/mol. The van der Waals surface area contributed by atoms with Crippen LogP contribution in [-0.4, -0.2) is 52.0 Å². The van der Waals surface area contributed by atoms with Crippen molar-refractivity contribution in [3.63, 3.8) is 0 Å². The van der Waals surface area contributed by atoms with Crippen LogP contribution in [0.2, 0.25) is 0 Å². The number of rotatable bonds is 4. The fourth-order valence-corrected chi connectivity index (χ4v) is 4.17. The number of pyridine rings is 1. The Balaban J connectivity index is 1.46. The molecule has 4 aromatic rings. The topological polar surface area (TPSA) is 66.9 Å². The molecule has 7 nitrogen and oxygen atoms in total. The summed E-state index contributed by atoms with van der Waals surface area (Å²) in [5.41, 5.74) is 4.59. The van der Waals surface area contributed by atoms with E-state index in [-0.39, 0.29) is 5.56 Å². The molecule has 0 spiro atoms. The van der Waals surface area contributed by atoms with Crippen molar-refractivity contribution in [2.24, 2.45) is 0 Å². The van der Waals surface area contributed by atoms with Gasteiger partial charge in [0.05, 0.1) is 11.4 Å². The van der Waals surface area contributed by atoms with Crippen molar-refractivity contribution < 1.29 is 4.42 Å². The Bertz CT molecular complexity index is 1270. The second-order valence-corrected chi connectivity index (χ2v) is 7.84. The minimum Gasteiger partial charge on any atom is -0.441 e. The molecule has 30 heavy (non-hydrogen) atoms. The standard InChI is InChI=1S/C23H25N5O2/c1-3-8-26-9-11-27(12-10-26)18-5-7-22-25-20(14-23(29)28(22)15-18)17-4-6-19-21(13-17)30-16(2)24-19/h4-7,13-15H,3,8-12H2,1-2H3. The van der Waals surface area contributed by atoms with E-state index in [4.69, 9.17) is 9.40 Å². The zero-order valence-corrected chi connectivity index (χ0v) is 17.3. The third-order valence-corrected chi connectivity index (χ3v) is 5.71. The van der Waals surface area contributed by atoms with E-state index in [2.05, 4.69) is 27.8 Å². The van der Waals surface area contributed by atoms with Crippen LogP contribution < -0.4 is 10.5 Å². The summed E-state index contributed by atoms with van der Waals surface area (Å²) in [4.78, 5) is 26.7. The van der Waals surface area contributed by atoms with Gasteiger partial charge in [-0.2, -0.15) is 0 Å². The van der Waals surface area contributed by atoms with E-state index in [0.717, 1.165) is 49.5 Å². The van der Waals surface area contributed by atoms with Gasteiger partial charge < -0.3 is 9.32 Å². The summed E-state index contributed by atoms with van der Waals surface area (Å²) in [7, 11) is 0. The van der Waals surface area contributed by atoms with Crippen LogP contribution in [0.4, 0.5) is 5.69 Å². The minimum atomic E-state index is -0.0877. The second-order valence-electron chi connectivity index (χ2n) is 7.84. The lowest BCUT2D eigenvalue weighted by molar-refractivity contribution is 0.258. The van der Waals surface area contributed by atoms with Crippen LogP contribution in [0, 0.1) is 6.92 Å². The number of hydrogen-bond donors (Lipinski definition) is 0. The number of nitrogens with zero attached hydrogens (tertiary/aromatic N) is 5. The summed E-state index contributed by atoms with van der Waals surface area (Å²) < 4.78 is 7.26. The SMILES string of the molecule is CCCN1CCN(c2ccc3nc(-c4ccc5nc(C)oc5c4)cc(=O)n3c2)CC1. The normalized spacial score (nSPS) is 15.3. The molecule has 0 atom stereocenters. The van der Waals surface area contributed by atoms with Gasteiger partial charge in [-0.3, -0.25) is 14.1 Å². The Labute approximate surface area is 174 Å². The molecule has 0 saturated carbocycles. The number of aromatic nitrogens is 3. The van der Waals surface area contributed by atoms with E-state index in [9.17, 15) is 4.79 Å². The van der Waals surface area contributed by atoms with E-state index < -0.39 is 0 Å². The van der Waals surface area contributed by atoms with Crippen LogP contribution >= 0.6 is 0 Å². The van der Waals surface area contributed by atoms with Crippen LogP contribution in [0.25, 0.3) is 28.0 Å². The van der Waals surface area contributed by atoms with Gasteiger partial charge in [0, 0.05) is 50.9 Å². The molecule has 154 valence electrons. The molecule has 3 aromatic heterocycles. The Kier molecular flexibility index (Phi) is 4.75. The number of hydrogen-bond acceptors (Lipinski definition) is 6. The molecule has 0 unspecified atom stereocenters. The number of aryl methyl sites for hydroxylation is 1. The van der Waals surface area contributed by atoms with Gasteiger partial charge in [-0.25, -0.2) is 9.97 Å². The van der Waals surface area contributed by atoms with E-state index in [1.807, 2.05) is 37.4 Å². The molecular formula is C23H25N5O2. The predicted octanol–water partition coefficient (Wildman–Crippen LogP) is 3.34. The minimum absolute atomic E-state index is 0.0877. The molecule has 0 N–H and O–H groups in total. The lowest BCUT2D eigenvalue weighted by atomic mass is 10.1. The first-order valence-electron chi connectivity index (χ1n) is 10.5. The lowest BCUT2D eigenvalue weighted by Gasteiger charge is -2.35. The zero-order chi connectivity index (χ0) is 20.7. The maximum absolute atomic E-state index is 12.9. The van der Waals surface area contributed by atoms with Crippen molar-refractivity contribution in [3.05, 3.63) is 58.8 Å². The molecule has 0 aliphatic carbocycles. The van der Waals surface area contributed by atoms with Gasteiger partial charge >= 0.3 is 0 Å². The monoisotopic (exact) mass is 403 g/mol. The zero-order valence-electron chi connectivity index (χ0n) is 17.3. The summed E-state index contributed by atoms with van der Waals surface area (Å²) in [6.45, 7) is 9.25. The number of piperazine rings is 1. The maximum Gasteiger partial charge on any atom is 0.258 e. The van der Waals surface area contributed by atoms with Crippen LogP contribution in [0.1, 0.15) is 19.2 Å². The number of oxazole rings is 1. The fraction of sp³-hybridized carbons (Fsp3) is 0.348. The molecule has 0 bridgehead atoms. The maximum atomic E-state index is 12.9. The van der Waals surface area contributed by atoms with Crippen LogP contribution in [-0.2, 0) is 0 Å². The Morgan fingerprint density at radius 2 is 1.87 bits per heavy atom. The van der Waals surface area contributed by atoms with E-state index in [0.29, 0.717) is 22.8 Å². The highest BCUT2D eigenvalue weighted by molar-refractivity contribution is 5.79. The van der Waals surface area contributed by atoms with Gasteiger partial charge in [0.1, 0.15) is 11.2 Å². The smallest absolute Gasteiger partial charge is 0.258 e. The van der Waals surface area contributed by atoms with Crippen molar-refractivity contribution >= 4 is 22.4 Å². The largest absolute Gasteiger partial charge is 0.441 e. The summed E-state index contributed by atoms with van der Waals surface area (Å²) in [5.74, 6) is 0.622. The molecule has 0 amide bonds. The number of fused-ring (bicyclic) bond motifs is 2. The van der Waals surface area contributed by atoms with E-state index >= 15 is 0 Å². The highest BCUT2D eigenvalue weighted by atomic mass is 16.3. The lowest BCUT2D eigenvalue weighted by Crippen LogP contribution is -2.46. The Morgan fingerprint density at radius 3 is 2.67 bits per heavy atom. The summed E-state index contributed by atoms with van der Waals surface area (Å²) in [6, 6.07) is 11.3. The molecule has 7 heteroatoms. The van der Waals surface area contributed by atoms with Gasteiger partial charge in [0.25, 0.3) is 5.56 Å².